The average Bonchev–Trinajstić information content (AvgIpc) is 3.08. The minimum absolute atomic E-state index is 0.0168. The first-order valence-corrected chi connectivity index (χ1v) is 11.8. The smallest absolute Gasteiger partial charge is 0.139 e. The van der Waals surface area contributed by atoms with E-state index in [-0.39, 0.29) is 15.9 Å². The van der Waals surface area contributed by atoms with E-state index in [4.69, 9.17) is 16.3 Å². The third-order valence-corrected chi connectivity index (χ3v) is 9.48. The molecule has 2 nitrogen and oxygen atoms in total. The van der Waals surface area contributed by atoms with Gasteiger partial charge < -0.3 is 4.74 Å². The van der Waals surface area contributed by atoms with E-state index in [1.165, 1.54) is 24.0 Å². The van der Waals surface area contributed by atoms with E-state index in [9.17, 15) is 4.79 Å². The summed E-state index contributed by atoms with van der Waals surface area (Å²) in [6.07, 6.45) is 11.5. The molecule has 1 unspecified atom stereocenters. The lowest BCUT2D eigenvalue weighted by atomic mass is 9.57. The fourth-order valence-corrected chi connectivity index (χ4v) is 6.99. The highest BCUT2D eigenvalue weighted by Gasteiger charge is 2.51. The average molecular weight is 401 g/mol. The van der Waals surface area contributed by atoms with Crippen LogP contribution >= 0.6 is 11.6 Å². The Morgan fingerprint density at radius 1 is 1.07 bits per heavy atom. The predicted octanol–water partition coefficient (Wildman–Crippen LogP) is 6.53. The standard InChI is InChI=1S/C25H33ClO2/c1-18(16-22(27)23-10-13-24(26,14-11-23)15-12-23)19-6-8-25(9-7-19)21-5-3-2-4-20(21)17-28-25/h2-5,18-19H,6-17H2,1H3. The molecule has 4 aliphatic carbocycles. The number of rotatable bonds is 4. The summed E-state index contributed by atoms with van der Waals surface area (Å²) < 4.78 is 6.32. The number of ether oxygens (including phenoxy) is 1. The van der Waals surface area contributed by atoms with Crippen LogP contribution in [0.2, 0.25) is 0 Å². The Morgan fingerprint density at radius 3 is 2.39 bits per heavy atom. The zero-order valence-corrected chi connectivity index (χ0v) is 17.9. The van der Waals surface area contributed by atoms with Gasteiger partial charge in [0.25, 0.3) is 0 Å². The van der Waals surface area contributed by atoms with E-state index in [1.807, 2.05) is 0 Å². The quantitative estimate of drug-likeness (QED) is 0.537. The highest BCUT2D eigenvalue weighted by molar-refractivity contribution is 6.24. The molecule has 0 saturated heterocycles. The number of Topliss-reactive ketones (excluding diaryl/α,β-unsaturated/α-hetero) is 1. The van der Waals surface area contributed by atoms with Crippen LogP contribution in [0.5, 0.6) is 0 Å². The number of hydrogen-bond donors (Lipinski definition) is 0. The number of hydrogen-bond acceptors (Lipinski definition) is 2. The summed E-state index contributed by atoms with van der Waals surface area (Å²) in [7, 11) is 0. The fourth-order valence-electron chi connectivity index (χ4n) is 6.71. The van der Waals surface area contributed by atoms with E-state index in [1.54, 1.807) is 0 Å². The van der Waals surface area contributed by atoms with E-state index < -0.39 is 0 Å². The van der Waals surface area contributed by atoms with E-state index >= 15 is 0 Å². The molecule has 0 aromatic heterocycles. The fraction of sp³-hybridized carbons (Fsp3) is 0.720. The van der Waals surface area contributed by atoms with Gasteiger partial charge in [0.1, 0.15) is 5.78 Å². The molecule has 1 aromatic rings. The molecule has 4 saturated carbocycles. The maximum absolute atomic E-state index is 13.3. The van der Waals surface area contributed by atoms with E-state index in [0.29, 0.717) is 17.6 Å². The Labute approximate surface area is 174 Å². The largest absolute Gasteiger partial charge is 0.366 e. The lowest BCUT2D eigenvalue weighted by Gasteiger charge is -2.50. The lowest BCUT2D eigenvalue weighted by molar-refractivity contribution is -0.135. The summed E-state index contributed by atoms with van der Waals surface area (Å²) in [6.45, 7) is 3.08. The molecule has 1 aliphatic heterocycles. The van der Waals surface area contributed by atoms with Crippen molar-refractivity contribution in [1.29, 1.82) is 0 Å². The molecular weight excluding hydrogens is 368 g/mol. The van der Waals surface area contributed by atoms with Crippen molar-refractivity contribution in [2.24, 2.45) is 17.3 Å². The first-order chi connectivity index (χ1) is 13.4. The zero-order chi connectivity index (χ0) is 19.4. The molecule has 2 bridgehead atoms. The van der Waals surface area contributed by atoms with Crippen LogP contribution in [0.25, 0.3) is 0 Å². The number of alkyl halides is 1. The van der Waals surface area contributed by atoms with Gasteiger partial charge in [-0.15, -0.1) is 11.6 Å². The SMILES string of the molecule is CC(CC(=O)C12CCC(Cl)(CC1)CC2)C1CCC2(CC1)OCc1ccccc12. The summed E-state index contributed by atoms with van der Waals surface area (Å²) in [5, 5.41) is 0. The van der Waals surface area contributed by atoms with Crippen molar-refractivity contribution in [1.82, 2.24) is 0 Å². The molecule has 28 heavy (non-hydrogen) atoms. The van der Waals surface area contributed by atoms with E-state index in [0.717, 1.165) is 64.4 Å². The van der Waals surface area contributed by atoms with Crippen LogP contribution in [0.3, 0.4) is 0 Å². The molecule has 1 aromatic carbocycles. The van der Waals surface area contributed by atoms with Crippen molar-refractivity contribution in [2.45, 2.75) is 94.6 Å². The number of carbonyl (C=O) groups is 1. The Hall–Kier alpha value is -0.860. The second kappa shape index (κ2) is 6.84. The summed E-state index contributed by atoms with van der Waals surface area (Å²) in [5.74, 6) is 1.68. The number of ketones is 1. The molecule has 1 spiro atoms. The Kier molecular flexibility index (Phi) is 4.67. The van der Waals surface area contributed by atoms with Crippen molar-refractivity contribution < 1.29 is 9.53 Å². The molecule has 0 radical (unpaired) electrons. The summed E-state index contributed by atoms with van der Waals surface area (Å²) >= 11 is 6.66. The van der Waals surface area contributed by atoms with Gasteiger partial charge in [-0.1, -0.05) is 31.2 Å². The summed E-state index contributed by atoms with van der Waals surface area (Å²) in [5.41, 5.74) is 2.71. The summed E-state index contributed by atoms with van der Waals surface area (Å²) in [6, 6.07) is 8.73. The van der Waals surface area contributed by atoms with Crippen LogP contribution < -0.4 is 0 Å². The highest BCUT2D eigenvalue weighted by Crippen LogP contribution is 2.56. The van der Waals surface area contributed by atoms with E-state index in [2.05, 4.69) is 31.2 Å². The van der Waals surface area contributed by atoms with Gasteiger partial charge >= 0.3 is 0 Å². The van der Waals surface area contributed by atoms with Gasteiger partial charge in [-0.25, -0.2) is 0 Å². The van der Waals surface area contributed by atoms with Crippen LogP contribution in [0.1, 0.15) is 88.7 Å². The highest BCUT2D eigenvalue weighted by atomic mass is 35.5. The van der Waals surface area contributed by atoms with Crippen molar-refractivity contribution in [3.05, 3.63) is 35.4 Å². The molecule has 1 heterocycles. The van der Waals surface area contributed by atoms with Crippen molar-refractivity contribution in [2.75, 3.05) is 0 Å². The van der Waals surface area contributed by atoms with Gasteiger partial charge in [0.2, 0.25) is 0 Å². The van der Waals surface area contributed by atoms with Crippen LogP contribution in [0, 0.1) is 17.3 Å². The van der Waals surface area contributed by atoms with Crippen LogP contribution in [-0.2, 0) is 21.7 Å². The minimum atomic E-state index is -0.0497. The molecule has 5 aliphatic rings. The van der Waals surface area contributed by atoms with Crippen molar-refractivity contribution in [3.63, 3.8) is 0 Å². The molecule has 0 amide bonds. The second-order valence-corrected chi connectivity index (χ2v) is 11.1. The van der Waals surface area contributed by atoms with Gasteiger partial charge in [0.05, 0.1) is 12.2 Å². The van der Waals surface area contributed by atoms with Gasteiger partial charge in [-0.2, -0.15) is 0 Å². The number of fused-ring (bicyclic) bond motifs is 5. The molecule has 6 rings (SSSR count). The number of halogens is 1. The maximum atomic E-state index is 13.3. The third kappa shape index (κ3) is 3.06. The molecule has 0 N–H and O–H groups in total. The Bertz CT molecular complexity index is 737. The van der Waals surface area contributed by atoms with Gasteiger partial charge in [-0.3, -0.25) is 4.79 Å². The number of benzene rings is 1. The van der Waals surface area contributed by atoms with Crippen LogP contribution in [-0.4, -0.2) is 10.7 Å². The van der Waals surface area contributed by atoms with Crippen LogP contribution in [0.4, 0.5) is 0 Å². The third-order valence-electron chi connectivity index (χ3n) is 8.91. The monoisotopic (exact) mass is 400 g/mol. The minimum Gasteiger partial charge on any atom is -0.366 e. The molecular formula is C25H33ClO2. The topological polar surface area (TPSA) is 26.3 Å². The molecule has 1 atom stereocenters. The predicted molar refractivity (Wildman–Crippen MR) is 112 cm³/mol. The Balaban J connectivity index is 1.20. The molecule has 3 heteroatoms. The lowest BCUT2D eigenvalue weighted by Crippen LogP contribution is -2.47. The summed E-state index contributed by atoms with van der Waals surface area (Å²) in [4.78, 5) is 13.3. The van der Waals surface area contributed by atoms with Crippen LogP contribution in [0.15, 0.2) is 24.3 Å². The van der Waals surface area contributed by atoms with Gasteiger partial charge in [0.15, 0.2) is 0 Å². The van der Waals surface area contributed by atoms with Gasteiger partial charge in [-0.05, 0) is 87.2 Å². The maximum Gasteiger partial charge on any atom is 0.139 e. The first-order valence-electron chi connectivity index (χ1n) is 11.4. The normalized spacial score (nSPS) is 40.4. The molecule has 152 valence electrons. The molecule has 4 fully saturated rings. The Morgan fingerprint density at radius 2 is 1.71 bits per heavy atom. The van der Waals surface area contributed by atoms with Crippen molar-refractivity contribution in [3.8, 4) is 0 Å². The zero-order valence-electron chi connectivity index (χ0n) is 17.1. The first kappa shape index (κ1) is 19.1. The number of carbonyl (C=O) groups excluding carboxylic acids is 1. The second-order valence-electron chi connectivity index (χ2n) is 10.3. The van der Waals surface area contributed by atoms with Crippen molar-refractivity contribution >= 4 is 17.4 Å². The van der Waals surface area contributed by atoms with Gasteiger partial charge in [0, 0.05) is 16.7 Å².